The lowest BCUT2D eigenvalue weighted by atomic mass is 10.2. The van der Waals surface area contributed by atoms with E-state index in [2.05, 4.69) is 19.1 Å². The van der Waals surface area contributed by atoms with E-state index in [-0.39, 0.29) is 0 Å². The Morgan fingerprint density at radius 1 is 1.00 bits per heavy atom. The largest absolute Gasteiger partial charge is 0.303 e. The topological polar surface area (TPSA) is 17.1 Å². The first-order valence-electron chi connectivity index (χ1n) is 4.50. The van der Waals surface area contributed by atoms with E-state index < -0.39 is 0 Å². The second kappa shape index (κ2) is 9.41. The second-order valence-electron chi connectivity index (χ2n) is 2.71. The molecule has 0 spiro atoms. The SMILES string of the molecule is CCCCCC=CCCC=O. The summed E-state index contributed by atoms with van der Waals surface area (Å²) < 4.78 is 0. The molecule has 0 aliphatic carbocycles. The molecule has 11 heavy (non-hydrogen) atoms. The Morgan fingerprint density at radius 2 is 1.73 bits per heavy atom. The number of rotatable bonds is 7. The lowest BCUT2D eigenvalue weighted by Gasteiger charge is -1.90. The van der Waals surface area contributed by atoms with Crippen molar-refractivity contribution >= 4 is 6.29 Å². The smallest absolute Gasteiger partial charge is 0.120 e. The quantitative estimate of drug-likeness (QED) is 0.313. The summed E-state index contributed by atoms with van der Waals surface area (Å²) in [5.41, 5.74) is 0. The molecular formula is C10H18O. The molecule has 0 unspecified atom stereocenters. The highest BCUT2D eigenvalue weighted by atomic mass is 16.1. The van der Waals surface area contributed by atoms with E-state index in [1.54, 1.807) is 0 Å². The molecule has 0 aliphatic rings. The Balaban J connectivity index is 2.97. The van der Waals surface area contributed by atoms with Gasteiger partial charge in [-0.3, -0.25) is 0 Å². The molecule has 0 aromatic carbocycles. The minimum Gasteiger partial charge on any atom is -0.303 e. The summed E-state index contributed by atoms with van der Waals surface area (Å²) in [6.07, 6.45) is 11.9. The van der Waals surface area contributed by atoms with Gasteiger partial charge in [0.05, 0.1) is 0 Å². The third-order valence-electron chi connectivity index (χ3n) is 1.59. The van der Waals surface area contributed by atoms with Crippen LogP contribution < -0.4 is 0 Å². The second-order valence-corrected chi connectivity index (χ2v) is 2.71. The minimum absolute atomic E-state index is 0.671. The Hall–Kier alpha value is -0.590. The third-order valence-corrected chi connectivity index (χ3v) is 1.59. The van der Waals surface area contributed by atoms with Crippen molar-refractivity contribution in [1.29, 1.82) is 0 Å². The zero-order valence-electron chi connectivity index (χ0n) is 7.38. The Kier molecular flexibility index (Phi) is 8.91. The number of carbonyl (C=O) groups excluding carboxylic acids is 1. The Bertz CT molecular complexity index is 105. The monoisotopic (exact) mass is 154 g/mol. The molecule has 0 heterocycles. The predicted molar refractivity (Wildman–Crippen MR) is 48.6 cm³/mol. The summed E-state index contributed by atoms with van der Waals surface area (Å²) in [5.74, 6) is 0. The maximum atomic E-state index is 9.91. The molecule has 0 N–H and O–H groups in total. The van der Waals surface area contributed by atoms with Gasteiger partial charge in [-0.05, 0) is 19.3 Å². The summed E-state index contributed by atoms with van der Waals surface area (Å²) in [4.78, 5) is 9.91. The maximum Gasteiger partial charge on any atom is 0.120 e. The number of hydrogen-bond donors (Lipinski definition) is 0. The van der Waals surface area contributed by atoms with Gasteiger partial charge in [0.25, 0.3) is 0 Å². The molecule has 64 valence electrons. The zero-order valence-corrected chi connectivity index (χ0v) is 7.38. The van der Waals surface area contributed by atoms with Crippen LogP contribution in [0.1, 0.15) is 45.4 Å². The molecule has 1 heteroatoms. The minimum atomic E-state index is 0.671. The van der Waals surface area contributed by atoms with Crippen LogP contribution in [0.3, 0.4) is 0 Å². The van der Waals surface area contributed by atoms with Crippen molar-refractivity contribution in [2.45, 2.75) is 45.4 Å². The van der Waals surface area contributed by atoms with Crippen LogP contribution in [0, 0.1) is 0 Å². The third kappa shape index (κ3) is 9.41. The number of allylic oxidation sites excluding steroid dienone is 2. The predicted octanol–water partition coefficient (Wildman–Crippen LogP) is 3.10. The summed E-state index contributed by atoms with van der Waals surface area (Å²) in [6, 6.07) is 0. The van der Waals surface area contributed by atoms with E-state index >= 15 is 0 Å². The van der Waals surface area contributed by atoms with Crippen LogP contribution in [0.4, 0.5) is 0 Å². The molecule has 0 aliphatic heterocycles. The summed E-state index contributed by atoms with van der Waals surface area (Å²) >= 11 is 0. The molecule has 0 radical (unpaired) electrons. The fourth-order valence-electron chi connectivity index (χ4n) is 0.912. The number of aldehydes is 1. The van der Waals surface area contributed by atoms with Gasteiger partial charge in [0.1, 0.15) is 6.29 Å². The van der Waals surface area contributed by atoms with Crippen LogP contribution in [0.5, 0.6) is 0 Å². The van der Waals surface area contributed by atoms with Gasteiger partial charge in [0, 0.05) is 6.42 Å². The van der Waals surface area contributed by atoms with E-state index in [1.807, 2.05) is 0 Å². The van der Waals surface area contributed by atoms with Crippen molar-refractivity contribution in [3.05, 3.63) is 12.2 Å². The normalized spacial score (nSPS) is 10.6. The van der Waals surface area contributed by atoms with Crippen molar-refractivity contribution in [3.63, 3.8) is 0 Å². The van der Waals surface area contributed by atoms with Gasteiger partial charge < -0.3 is 4.79 Å². The average Bonchev–Trinajstić information content (AvgIpc) is 2.03. The first-order valence-corrected chi connectivity index (χ1v) is 4.50. The molecular weight excluding hydrogens is 136 g/mol. The summed E-state index contributed by atoms with van der Waals surface area (Å²) in [7, 11) is 0. The molecule has 0 saturated carbocycles. The van der Waals surface area contributed by atoms with Gasteiger partial charge in [-0.2, -0.15) is 0 Å². The van der Waals surface area contributed by atoms with E-state index in [1.165, 1.54) is 25.7 Å². The van der Waals surface area contributed by atoms with Crippen LogP contribution in [-0.4, -0.2) is 6.29 Å². The Labute approximate surface area is 69.5 Å². The van der Waals surface area contributed by atoms with Gasteiger partial charge in [-0.15, -0.1) is 0 Å². The molecule has 0 atom stereocenters. The fourth-order valence-corrected chi connectivity index (χ4v) is 0.912. The number of hydrogen-bond acceptors (Lipinski definition) is 1. The Morgan fingerprint density at radius 3 is 2.36 bits per heavy atom. The molecule has 0 rings (SSSR count). The van der Waals surface area contributed by atoms with E-state index in [0.29, 0.717) is 6.42 Å². The van der Waals surface area contributed by atoms with Crippen LogP contribution in [-0.2, 0) is 4.79 Å². The molecule has 0 fully saturated rings. The molecule has 0 bridgehead atoms. The van der Waals surface area contributed by atoms with Gasteiger partial charge in [-0.25, -0.2) is 0 Å². The highest BCUT2D eigenvalue weighted by Gasteiger charge is 1.81. The maximum absolute atomic E-state index is 9.91. The lowest BCUT2D eigenvalue weighted by molar-refractivity contribution is -0.107. The summed E-state index contributed by atoms with van der Waals surface area (Å²) in [6.45, 7) is 2.20. The first-order chi connectivity index (χ1) is 5.41. The van der Waals surface area contributed by atoms with Crippen molar-refractivity contribution in [1.82, 2.24) is 0 Å². The van der Waals surface area contributed by atoms with E-state index in [0.717, 1.165) is 12.7 Å². The van der Waals surface area contributed by atoms with Crippen molar-refractivity contribution in [2.75, 3.05) is 0 Å². The van der Waals surface area contributed by atoms with Gasteiger partial charge in [-0.1, -0.05) is 31.9 Å². The zero-order chi connectivity index (χ0) is 8.36. The van der Waals surface area contributed by atoms with Crippen LogP contribution in [0.2, 0.25) is 0 Å². The van der Waals surface area contributed by atoms with E-state index in [4.69, 9.17) is 0 Å². The van der Waals surface area contributed by atoms with E-state index in [9.17, 15) is 4.79 Å². The molecule has 0 amide bonds. The van der Waals surface area contributed by atoms with Crippen molar-refractivity contribution in [2.24, 2.45) is 0 Å². The van der Waals surface area contributed by atoms with Crippen LogP contribution >= 0.6 is 0 Å². The number of unbranched alkanes of at least 4 members (excludes halogenated alkanes) is 4. The van der Waals surface area contributed by atoms with Crippen LogP contribution in [0.25, 0.3) is 0 Å². The average molecular weight is 154 g/mol. The van der Waals surface area contributed by atoms with Gasteiger partial charge >= 0.3 is 0 Å². The fraction of sp³-hybridized carbons (Fsp3) is 0.700. The summed E-state index contributed by atoms with van der Waals surface area (Å²) in [5, 5.41) is 0. The van der Waals surface area contributed by atoms with Crippen LogP contribution in [0.15, 0.2) is 12.2 Å². The highest BCUT2D eigenvalue weighted by molar-refractivity contribution is 5.49. The van der Waals surface area contributed by atoms with Crippen molar-refractivity contribution < 1.29 is 4.79 Å². The number of carbonyl (C=O) groups is 1. The molecule has 0 aromatic heterocycles. The molecule has 1 nitrogen and oxygen atoms in total. The van der Waals surface area contributed by atoms with Crippen molar-refractivity contribution in [3.8, 4) is 0 Å². The lowest BCUT2D eigenvalue weighted by Crippen LogP contribution is -1.73. The molecule has 0 aromatic rings. The highest BCUT2D eigenvalue weighted by Crippen LogP contribution is 2.00. The molecule has 0 saturated heterocycles. The van der Waals surface area contributed by atoms with Gasteiger partial charge in [0.2, 0.25) is 0 Å². The standard InChI is InChI=1S/C10H18O/c1-2-3-4-5-6-7-8-9-10-11/h6-7,10H,2-5,8-9H2,1H3. The van der Waals surface area contributed by atoms with Gasteiger partial charge in [0.15, 0.2) is 0 Å². The first kappa shape index (κ1) is 10.4.